The molecule has 78 valence electrons. The highest BCUT2D eigenvalue weighted by atomic mass is 35.5. The van der Waals surface area contributed by atoms with Gasteiger partial charge in [0, 0.05) is 7.05 Å². The fourth-order valence-electron chi connectivity index (χ4n) is 0.891. The summed E-state index contributed by atoms with van der Waals surface area (Å²) in [4.78, 5) is 4.64. The summed E-state index contributed by atoms with van der Waals surface area (Å²) in [7, 11) is -1.06. The van der Waals surface area contributed by atoms with E-state index in [1.807, 2.05) is 0 Å². The first-order valence-corrected chi connectivity index (χ1v) is 5.59. The van der Waals surface area contributed by atoms with Crippen LogP contribution in [0.15, 0.2) is 29.2 Å². The van der Waals surface area contributed by atoms with Gasteiger partial charge in [0.25, 0.3) is 10.0 Å². The van der Waals surface area contributed by atoms with Gasteiger partial charge in [0.05, 0.1) is 12.1 Å². The summed E-state index contributed by atoms with van der Waals surface area (Å²) in [5, 5.41) is 0.177. The molecule has 0 saturated carbocycles. The van der Waals surface area contributed by atoms with Crippen molar-refractivity contribution in [3.05, 3.63) is 29.3 Å². The molecular weight excluding hydrogens is 226 g/mol. The third kappa shape index (κ3) is 2.06. The van der Waals surface area contributed by atoms with Gasteiger partial charge in [0.1, 0.15) is 4.90 Å². The molecule has 1 aromatic rings. The minimum absolute atomic E-state index is 0.0333. The quantitative estimate of drug-likeness (QED) is 0.747. The highest BCUT2D eigenvalue weighted by Crippen LogP contribution is 2.23. The first-order valence-electron chi connectivity index (χ1n) is 3.77. The molecule has 1 aromatic carbocycles. The topological polar surface area (TPSA) is 46.6 Å². The van der Waals surface area contributed by atoms with E-state index in [1.165, 1.54) is 26.3 Å². The Kier molecular flexibility index (Phi) is 3.49. The average Bonchev–Trinajstić information content (AvgIpc) is 2.17. The second-order valence-corrected chi connectivity index (χ2v) is 4.84. The van der Waals surface area contributed by atoms with Gasteiger partial charge in [0.15, 0.2) is 0 Å². The fraction of sp³-hybridized carbons (Fsp3) is 0.250. The first-order chi connectivity index (χ1) is 6.50. The monoisotopic (exact) mass is 235 g/mol. The molecule has 0 spiro atoms. The van der Waals surface area contributed by atoms with Crippen LogP contribution in [0.2, 0.25) is 5.02 Å². The third-order valence-electron chi connectivity index (χ3n) is 1.71. The summed E-state index contributed by atoms with van der Waals surface area (Å²) >= 11 is 5.75. The average molecular weight is 236 g/mol. The molecule has 0 atom stereocenters. The van der Waals surface area contributed by atoms with Crippen LogP contribution in [-0.4, -0.2) is 27.0 Å². The van der Waals surface area contributed by atoms with E-state index in [1.54, 1.807) is 12.1 Å². The molecule has 0 aromatic heterocycles. The van der Waals surface area contributed by atoms with Gasteiger partial charge in [-0.1, -0.05) is 28.2 Å². The smallest absolute Gasteiger partial charge is 0.266 e. The Labute approximate surface area is 88.1 Å². The van der Waals surface area contributed by atoms with Crippen LogP contribution in [-0.2, 0) is 14.9 Å². The van der Waals surface area contributed by atoms with E-state index >= 15 is 0 Å². The van der Waals surface area contributed by atoms with E-state index in [9.17, 15) is 8.42 Å². The molecule has 0 aliphatic carbocycles. The highest BCUT2D eigenvalue weighted by Gasteiger charge is 2.22. The maximum Gasteiger partial charge on any atom is 0.266 e. The summed E-state index contributed by atoms with van der Waals surface area (Å²) in [5.74, 6) is 0. The van der Waals surface area contributed by atoms with Gasteiger partial charge in [-0.2, -0.15) is 0 Å². The van der Waals surface area contributed by atoms with Crippen LogP contribution in [0.1, 0.15) is 0 Å². The Morgan fingerprint density at radius 3 is 2.43 bits per heavy atom. The first kappa shape index (κ1) is 11.5. The van der Waals surface area contributed by atoms with E-state index < -0.39 is 10.0 Å². The van der Waals surface area contributed by atoms with Gasteiger partial charge in [-0.25, -0.2) is 8.42 Å². The summed E-state index contributed by atoms with van der Waals surface area (Å²) < 4.78 is 24.2. The van der Waals surface area contributed by atoms with Crippen LogP contribution >= 0.6 is 11.6 Å². The van der Waals surface area contributed by atoms with E-state index in [-0.39, 0.29) is 9.92 Å². The Balaban J connectivity index is 3.24. The predicted molar refractivity (Wildman–Crippen MR) is 53.4 cm³/mol. The molecule has 0 amide bonds. The van der Waals surface area contributed by atoms with Crippen molar-refractivity contribution in [3.63, 3.8) is 0 Å². The largest absolute Gasteiger partial charge is 0.288 e. The molecular formula is C8H10ClNO3S. The van der Waals surface area contributed by atoms with E-state index in [0.29, 0.717) is 0 Å². The SMILES string of the molecule is CON(C)S(=O)(=O)c1ccccc1Cl. The lowest BCUT2D eigenvalue weighted by molar-refractivity contribution is -0.0258. The Hall–Kier alpha value is -0.620. The van der Waals surface area contributed by atoms with Gasteiger partial charge in [0.2, 0.25) is 0 Å². The molecule has 0 heterocycles. The van der Waals surface area contributed by atoms with Crippen molar-refractivity contribution in [1.29, 1.82) is 0 Å². The number of benzene rings is 1. The van der Waals surface area contributed by atoms with Gasteiger partial charge in [-0.15, -0.1) is 0 Å². The predicted octanol–water partition coefficient (Wildman–Crippen LogP) is 1.52. The lowest BCUT2D eigenvalue weighted by atomic mass is 10.4. The van der Waals surface area contributed by atoms with Crippen LogP contribution in [0.4, 0.5) is 0 Å². The van der Waals surface area contributed by atoms with Gasteiger partial charge >= 0.3 is 0 Å². The molecule has 1 rings (SSSR count). The molecule has 0 unspecified atom stereocenters. The standard InChI is InChI=1S/C8H10ClNO3S/c1-10(13-2)14(11,12)8-6-4-3-5-7(8)9/h3-6H,1-2H3. The Morgan fingerprint density at radius 2 is 1.93 bits per heavy atom. The summed E-state index contributed by atoms with van der Waals surface area (Å²) in [5.41, 5.74) is 0. The maximum absolute atomic E-state index is 11.7. The number of hydroxylamine groups is 1. The van der Waals surface area contributed by atoms with Crippen molar-refractivity contribution in [2.75, 3.05) is 14.2 Å². The molecule has 0 aliphatic heterocycles. The second-order valence-electron chi connectivity index (χ2n) is 2.53. The summed E-state index contributed by atoms with van der Waals surface area (Å²) in [6.45, 7) is 0. The molecule has 0 N–H and O–H groups in total. The lowest BCUT2D eigenvalue weighted by Gasteiger charge is -2.14. The minimum atomic E-state index is -3.64. The maximum atomic E-state index is 11.7. The summed E-state index contributed by atoms with van der Waals surface area (Å²) in [6.07, 6.45) is 0. The number of hydrogen-bond donors (Lipinski definition) is 0. The molecule has 0 bridgehead atoms. The molecule has 4 nitrogen and oxygen atoms in total. The molecule has 0 aliphatic rings. The number of hydrogen-bond acceptors (Lipinski definition) is 3. The van der Waals surface area contributed by atoms with E-state index in [4.69, 9.17) is 11.6 Å². The Bertz CT molecular complexity index is 418. The van der Waals surface area contributed by atoms with Crippen LogP contribution in [0.25, 0.3) is 0 Å². The summed E-state index contributed by atoms with van der Waals surface area (Å²) in [6, 6.07) is 6.20. The van der Waals surface area contributed by atoms with Crippen molar-refractivity contribution in [2.45, 2.75) is 4.90 Å². The molecule has 6 heteroatoms. The van der Waals surface area contributed by atoms with Crippen molar-refractivity contribution < 1.29 is 13.3 Å². The van der Waals surface area contributed by atoms with Crippen molar-refractivity contribution in [1.82, 2.24) is 4.47 Å². The lowest BCUT2D eigenvalue weighted by Crippen LogP contribution is -2.25. The van der Waals surface area contributed by atoms with Crippen molar-refractivity contribution in [3.8, 4) is 0 Å². The minimum Gasteiger partial charge on any atom is -0.288 e. The highest BCUT2D eigenvalue weighted by molar-refractivity contribution is 7.89. The number of halogens is 1. The fourth-order valence-corrected chi connectivity index (χ4v) is 2.36. The molecule has 0 radical (unpaired) electrons. The van der Waals surface area contributed by atoms with E-state index in [0.717, 1.165) is 4.47 Å². The van der Waals surface area contributed by atoms with Crippen LogP contribution in [0.3, 0.4) is 0 Å². The van der Waals surface area contributed by atoms with Gasteiger partial charge < -0.3 is 0 Å². The zero-order valence-corrected chi connectivity index (χ0v) is 9.34. The zero-order chi connectivity index (χ0) is 10.8. The van der Waals surface area contributed by atoms with Crippen LogP contribution in [0.5, 0.6) is 0 Å². The molecule has 14 heavy (non-hydrogen) atoms. The third-order valence-corrected chi connectivity index (χ3v) is 3.89. The normalized spacial score (nSPS) is 12.0. The van der Waals surface area contributed by atoms with Crippen molar-refractivity contribution in [2.24, 2.45) is 0 Å². The molecule has 0 saturated heterocycles. The van der Waals surface area contributed by atoms with Gasteiger partial charge in [-0.05, 0) is 12.1 Å². The number of rotatable bonds is 3. The van der Waals surface area contributed by atoms with Crippen LogP contribution < -0.4 is 0 Å². The number of nitrogens with zero attached hydrogens (tertiary/aromatic N) is 1. The Morgan fingerprint density at radius 1 is 1.36 bits per heavy atom. The zero-order valence-electron chi connectivity index (χ0n) is 7.77. The second kappa shape index (κ2) is 4.27. The number of sulfonamides is 1. The molecule has 0 fully saturated rings. The van der Waals surface area contributed by atoms with Gasteiger partial charge in [-0.3, -0.25) is 4.84 Å². The van der Waals surface area contributed by atoms with Crippen LogP contribution in [0, 0.1) is 0 Å². The van der Waals surface area contributed by atoms with E-state index in [2.05, 4.69) is 4.84 Å². The van der Waals surface area contributed by atoms with Crippen molar-refractivity contribution >= 4 is 21.6 Å².